The first kappa shape index (κ1) is 6.85. The van der Waals surface area contributed by atoms with Gasteiger partial charge in [0, 0.05) is 24.9 Å². The molecule has 0 aliphatic carbocycles. The predicted octanol–water partition coefficient (Wildman–Crippen LogP) is 1.07. The second-order valence-electron chi connectivity index (χ2n) is 2.74. The van der Waals surface area contributed by atoms with Crippen LogP contribution in [0.3, 0.4) is 0 Å². The molecule has 2 heterocycles. The van der Waals surface area contributed by atoms with E-state index >= 15 is 0 Å². The lowest BCUT2D eigenvalue weighted by Crippen LogP contribution is -2.30. The van der Waals surface area contributed by atoms with Gasteiger partial charge in [0.2, 0.25) is 0 Å². The van der Waals surface area contributed by atoms with Gasteiger partial charge in [-0.1, -0.05) is 12.2 Å². The summed E-state index contributed by atoms with van der Waals surface area (Å²) in [6.45, 7) is 0.911. The van der Waals surface area contributed by atoms with Crippen LogP contribution in [0.15, 0.2) is 23.5 Å². The van der Waals surface area contributed by atoms with Crippen molar-refractivity contribution in [2.45, 2.75) is 12.8 Å². The minimum absolute atomic E-state index is 0.911. The Morgan fingerprint density at radius 3 is 3.18 bits per heavy atom. The zero-order valence-electron chi connectivity index (χ0n) is 6.18. The van der Waals surface area contributed by atoms with E-state index in [1.165, 1.54) is 11.3 Å². The first-order valence-corrected chi connectivity index (χ1v) is 4.20. The van der Waals surface area contributed by atoms with Crippen molar-refractivity contribution in [1.29, 1.82) is 0 Å². The normalized spacial score (nSPS) is 22.4. The molecular weight excluding hydrogens is 156 g/mol. The van der Waals surface area contributed by atoms with E-state index in [2.05, 4.69) is 22.9 Å². The first-order valence-electron chi connectivity index (χ1n) is 3.79. The van der Waals surface area contributed by atoms with E-state index in [4.69, 9.17) is 12.2 Å². The molecular formula is C8H10N2S. The molecule has 0 atom stereocenters. The predicted molar refractivity (Wildman–Crippen MR) is 49.1 cm³/mol. The highest BCUT2D eigenvalue weighted by Crippen LogP contribution is 2.20. The van der Waals surface area contributed by atoms with E-state index < -0.39 is 0 Å². The van der Waals surface area contributed by atoms with Gasteiger partial charge in [0.15, 0.2) is 0 Å². The van der Waals surface area contributed by atoms with Crippen molar-refractivity contribution in [1.82, 2.24) is 10.6 Å². The Balaban J connectivity index is 2.22. The van der Waals surface area contributed by atoms with Gasteiger partial charge in [-0.05, 0) is 18.1 Å². The lowest BCUT2D eigenvalue weighted by Gasteiger charge is -2.24. The van der Waals surface area contributed by atoms with Gasteiger partial charge >= 0.3 is 0 Å². The van der Waals surface area contributed by atoms with Gasteiger partial charge in [-0.25, -0.2) is 0 Å². The number of dihydropyridines is 1. The van der Waals surface area contributed by atoms with Crippen molar-refractivity contribution in [2.75, 3.05) is 6.54 Å². The lowest BCUT2D eigenvalue weighted by atomic mass is 10.0. The number of rotatable bonds is 0. The van der Waals surface area contributed by atoms with Gasteiger partial charge in [0.25, 0.3) is 0 Å². The van der Waals surface area contributed by atoms with Crippen LogP contribution in [-0.4, -0.2) is 11.5 Å². The second kappa shape index (κ2) is 2.66. The molecule has 0 unspecified atom stereocenters. The summed E-state index contributed by atoms with van der Waals surface area (Å²) < 4.78 is 0. The van der Waals surface area contributed by atoms with E-state index in [1.54, 1.807) is 0 Å². The van der Waals surface area contributed by atoms with Crippen LogP contribution in [0.1, 0.15) is 12.8 Å². The fourth-order valence-corrected chi connectivity index (χ4v) is 1.56. The lowest BCUT2D eigenvalue weighted by molar-refractivity contribution is 0.831. The summed E-state index contributed by atoms with van der Waals surface area (Å²) in [5, 5.41) is 6.38. The molecule has 2 N–H and O–H groups in total. The van der Waals surface area contributed by atoms with Gasteiger partial charge in [0.1, 0.15) is 0 Å². The standard InChI is InChI=1S/C8H10N2S/c11-8-2-1-6-5-9-4-3-7(6)10-8/h3,5,9H,1-2,4H2,(H,10,11). The van der Waals surface area contributed by atoms with Gasteiger partial charge in [-0.15, -0.1) is 0 Å². The molecule has 1 fully saturated rings. The molecule has 58 valence electrons. The van der Waals surface area contributed by atoms with Crippen LogP contribution < -0.4 is 10.6 Å². The Bertz CT molecular complexity index is 253. The highest BCUT2D eigenvalue weighted by molar-refractivity contribution is 7.80. The van der Waals surface area contributed by atoms with E-state index in [1.807, 2.05) is 0 Å². The van der Waals surface area contributed by atoms with Crippen LogP contribution in [-0.2, 0) is 0 Å². The van der Waals surface area contributed by atoms with Crippen molar-refractivity contribution in [3.8, 4) is 0 Å². The molecule has 0 saturated carbocycles. The molecule has 0 amide bonds. The van der Waals surface area contributed by atoms with E-state index in [-0.39, 0.29) is 0 Å². The zero-order valence-corrected chi connectivity index (χ0v) is 7.00. The molecule has 2 aliphatic rings. The molecule has 0 aromatic rings. The number of nitrogens with one attached hydrogen (secondary N) is 2. The van der Waals surface area contributed by atoms with Crippen LogP contribution in [0, 0.1) is 0 Å². The molecule has 2 nitrogen and oxygen atoms in total. The third-order valence-corrected chi connectivity index (χ3v) is 2.25. The molecule has 2 aliphatic heterocycles. The van der Waals surface area contributed by atoms with Gasteiger partial charge in [0.05, 0.1) is 4.99 Å². The summed E-state index contributed by atoms with van der Waals surface area (Å²) in [4.78, 5) is 0.968. The third kappa shape index (κ3) is 1.28. The molecule has 0 bridgehead atoms. The summed E-state index contributed by atoms with van der Waals surface area (Å²) in [7, 11) is 0. The maximum atomic E-state index is 5.07. The third-order valence-electron chi connectivity index (χ3n) is 1.94. The second-order valence-corrected chi connectivity index (χ2v) is 3.24. The Morgan fingerprint density at radius 1 is 1.36 bits per heavy atom. The summed E-state index contributed by atoms with van der Waals surface area (Å²) in [6, 6.07) is 0. The Labute approximate surface area is 71.4 Å². The number of allylic oxidation sites excluding steroid dienone is 1. The smallest absolute Gasteiger partial charge is 0.0800 e. The maximum Gasteiger partial charge on any atom is 0.0800 e. The number of hydrogen-bond acceptors (Lipinski definition) is 2. The maximum absolute atomic E-state index is 5.07. The minimum Gasteiger partial charge on any atom is -0.387 e. The SMILES string of the molecule is S=C1CCC2=CNCC=C2N1. The average molecular weight is 166 g/mol. The summed E-state index contributed by atoms with van der Waals surface area (Å²) in [6.07, 6.45) is 6.27. The van der Waals surface area contributed by atoms with E-state index in [0.29, 0.717) is 0 Å². The molecule has 11 heavy (non-hydrogen) atoms. The van der Waals surface area contributed by atoms with E-state index in [9.17, 15) is 0 Å². The largest absolute Gasteiger partial charge is 0.387 e. The van der Waals surface area contributed by atoms with Crippen molar-refractivity contribution in [2.24, 2.45) is 0 Å². The van der Waals surface area contributed by atoms with Crippen molar-refractivity contribution in [3.63, 3.8) is 0 Å². The number of thiocarbonyl (C=S) groups is 1. The topological polar surface area (TPSA) is 24.1 Å². The van der Waals surface area contributed by atoms with Crippen molar-refractivity contribution >= 4 is 17.2 Å². The van der Waals surface area contributed by atoms with Gasteiger partial charge in [-0.3, -0.25) is 0 Å². The highest BCUT2D eigenvalue weighted by Gasteiger charge is 2.15. The molecule has 0 spiro atoms. The Hall–Kier alpha value is -0.830. The van der Waals surface area contributed by atoms with Crippen molar-refractivity contribution < 1.29 is 0 Å². The van der Waals surface area contributed by atoms with Crippen LogP contribution in [0.2, 0.25) is 0 Å². The molecule has 3 heteroatoms. The minimum atomic E-state index is 0.911. The zero-order chi connectivity index (χ0) is 7.68. The highest BCUT2D eigenvalue weighted by atomic mass is 32.1. The molecule has 0 radical (unpaired) electrons. The van der Waals surface area contributed by atoms with Crippen LogP contribution in [0.4, 0.5) is 0 Å². The number of hydrogen-bond donors (Lipinski definition) is 2. The van der Waals surface area contributed by atoms with Crippen LogP contribution in [0.25, 0.3) is 0 Å². The fraction of sp³-hybridized carbons (Fsp3) is 0.375. The van der Waals surface area contributed by atoms with E-state index in [0.717, 1.165) is 24.4 Å². The van der Waals surface area contributed by atoms with Crippen LogP contribution in [0.5, 0.6) is 0 Å². The van der Waals surface area contributed by atoms with Gasteiger partial charge in [-0.2, -0.15) is 0 Å². The fourth-order valence-electron chi connectivity index (χ4n) is 1.35. The summed E-state index contributed by atoms with van der Waals surface area (Å²) >= 11 is 5.07. The Morgan fingerprint density at radius 2 is 2.27 bits per heavy atom. The molecule has 0 aromatic heterocycles. The number of fused-ring (bicyclic) bond motifs is 1. The summed E-state index contributed by atoms with van der Waals surface area (Å²) in [5.41, 5.74) is 2.56. The van der Waals surface area contributed by atoms with Gasteiger partial charge < -0.3 is 10.6 Å². The first-order chi connectivity index (χ1) is 5.36. The molecule has 2 rings (SSSR count). The Kier molecular flexibility index (Phi) is 1.66. The van der Waals surface area contributed by atoms with Crippen molar-refractivity contribution in [3.05, 3.63) is 23.5 Å². The van der Waals surface area contributed by atoms with Crippen LogP contribution >= 0.6 is 12.2 Å². The monoisotopic (exact) mass is 166 g/mol. The summed E-state index contributed by atoms with van der Waals surface area (Å²) in [5.74, 6) is 0. The molecule has 1 saturated heterocycles. The quantitative estimate of drug-likeness (QED) is 0.526. The number of piperidine rings is 1. The average Bonchev–Trinajstić information content (AvgIpc) is 2.04. The molecule has 0 aromatic carbocycles.